The third-order valence-corrected chi connectivity index (χ3v) is 9.24. The number of methoxy groups -OCH3 is 4. The summed E-state index contributed by atoms with van der Waals surface area (Å²) in [5.74, 6) is 1.04. The van der Waals surface area contributed by atoms with Gasteiger partial charge in [-0.15, -0.1) is 0 Å². The summed E-state index contributed by atoms with van der Waals surface area (Å²) < 4.78 is 41.0. The Morgan fingerprint density at radius 2 is 1.55 bits per heavy atom. The molecule has 3 aliphatic rings. The smallest absolute Gasteiger partial charge is 0.229 e. The second-order valence-corrected chi connectivity index (χ2v) is 11.4. The molecule has 236 valence electrons. The highest BCUT2D eigenvalue weighted by atomic mass is 16.7. The van der Waals surface area contributed by atoms with Crippen LogP contribution in [-0.4, -0.2) is 85.7 Å². The monoisotopic (exact) mass is 610 g/mol. The predicted molar refractivity (Wildman–Crippen MR) is 156 cm³/mol. The van der Waals surface area contributed by atoms with E-state index in [1.807, 2.05) is 30.3 Å². The zero-order chi connectivity index (χ0) is 31.4. The molecule has 0 amide bonds. The van der Waals surface area contributed by atoms with E-state index in [1.54, 1.807) is 37.3 Å². The molecule has 9 atom stereocenters. The van der Waals surface area contributed by atoms with Crippen molar-refractivity contribution in [1.29, 1.82) is 0 Å². The molecular formula is C33H38O11. The molecule has 2 heterocycles. The van der Waals surface area contributed by atoms with E-state index in [0.29, 0.717) is 34.1 Å². The number of hydrogen-bond donors (Lipinski definition) is 4. The summed E-state index contributed by atoms with van der Waals surface area (Å²) in [6, 6.07) is 17.9. The van der Waals surface area contributed by atoms with E-state index < -0.39 is 53.9 Å². The van der Waals surface area contributed by atoms with Gasteiger partial charge < -0.3 is 53.6 Å². The van der Waals surface area contributed by atoms with Crippen LogP contribution < -0.4 is 23.7 Å². The molecule has 1 saturated carbocycles. The van der Waals surface area contributed by atoms with Gasteiger partial charge in [0.1, 0.15) is 35.6 Å². The minimum absolute atomic E-state index is 0.173. The van der Waals surface area contributed by atoms with Crippen LogP contribution in [0.15, 0.2) is 60.7 Å². The van der Waals surface area contributed by atoms with Crippen molar-refractivity contribution in [1.82, 2.24) is 0 Å². The Labute approximate surface area is 255 Å². The maximum absolute atomic E-state index is 12.8. The average molecular weight is 611 g/mol. The van der Waals surface area contributed by atoms with Crippen molar-refractivity contribution in [2.75, 3.05) is 28.4 Å². The van der Waals surface area contributed by atoms with Gasteiger partial charge in [-0.1, -0.05) is 36.4 Å². The molecule has 0 spiro atoms. The van der Waals surface area contributed by atoms with Gasteiger partial charge in [0.15, 0.2) is 22.7 Å². The Kier molecular flexibility index (Phi) is 7.89. The van der Waals surface area contributed by atoms with E-state index in [-0.39, 0.29) is 12.2 Å². The van der Waals surface area contributed by atoms with Crippen LogP contribution in [0.5, 0.6) is 28.7 Å². The number of fused-ring (bicyclic) bond motifs is 3. The molecule has 3 aromatic rings. The molecule has 2 aliphatic heterocycles. The largest absolute Gasteiger partial charge is 0.496 e. The van der Waals surface area contributed by atoms with Crippen LogP contribution >= 0.6 is 0 Å². The van der Waals surface area contributed by atoms with Crippen LogP contribution in [0.4, 0.5) is 0 Å². The Morgan fingerprint density at radius 1 is 0.818 bits per heavy atom. The lowest BCUT2D eigenvalue weighted by Crippen LogP contribution is -2.59. The number of rotatable bonds is 8. The van der Waals surface area contributed by atoms with Crippen LogP contribution in [0.1, 0.15) is 36.0 Å². The maximum Gasteiger partial charge on any atom is 0.229 e. The molecule has 1 saturated heterocycles. The van der Waals surface area contributed by atoms with Gasteiger partial charge in [0, 0.05) is 30.7 Å². The summed E-state index contributed by atoms with van der Waals surface area (Å²) in [5.41, 5.74) is -1.91. The van der Waals surface area contributed by atoms with Crippen molar-refractivity contribution in [3.8, 4) is 28.7 Å². The Morgan fingerprint density at radius 3 is 2.20 bits per heavy atom. The molecule has 0 radical (unpaired) electrons. The molecule has 2 fully saturated rings. The highest BCUT2D eigenvalue weighted by Gasteiger charge is 2.73. The number of aliphatic hydroxyl groups is 4. The van der Waals surface area contributed by atoms with E-state index in [4.69, 9.17) is 33.2 Å². The summed E-state index contributed by atoms with van der Waals surface area (Å²) in [6.45, 7) is 1.65. The molecule has 6 rings (SSSR count). The first-order valence-corrected chi connectivity index (χ1v) is 14.4. The second kappa shape index (κ2) is 11.4. The average Bonchev–Trinajstić information content (AvgIpc) is 3.44. The van der Waals surface area contributed by atoms with E-state index in [9.17, 15) is 20.4 Å². The van der Waals surface area contributed by atoms with Gasteiger partial charge in [-0.2, -0.15) is 0 Å². The van der Waals surface area contributed by atoms with Gasteiger partial charge in [0.2, 0.25) is 6.29 Å². The fourth-order valence-electron chi connectivity index (χ4n) is 7.08. The zero-order valence-electron chi connectivity index (χ0n) is 25.2. The minimum atomic E-state index is -1.97. The first kappa shape index (κ1) is 30.4. The first-order valence-electron chi connectivity index (χ1n) is 14.4. The second-order valence-electron chi connectivity index (χ2n) is 11.4. The van der Waals surface area contributed by atoms with Gasteiger partial charge in [0.25, 0.3) is 0 Å². The fourth-order valence-corrected chi connectivity index (χ4v) is 7.08. The Hall–Kier alpha value is -3.58. The molecule has 1 aliphatic carbocycles. The van der Waals surface area contributed by atoms with Crippen molar-refractivity contribution in [3.63, 3.8) is 0 Å². The van der Waals surface area contributed by atoms with Crippen LogP contribution in [0, 0.1) is 0 Å². The highest BCUT2D eigenvalue weighted by molar-refractivity contribution is 5.63. The minimum Gasteiger partial charge on any atom is -0.496 e. The lowest BCUT2D eigenvalue weighted by molar-refractivity contribution is -0.273. The van der Waals surface area contributed by atoms with Gasteiger partial charge in [-0.05, 0) is 31.0 Å². The standard InChI is InChI=1S/C33H38O11/c1-17-28(35)30(41-5)29(36)31(42-17)43-23-13-19(11-12-22(23)39-3)33-21(18-9-7-6-8-10-18)16-26(34)32(33,37)27-24(40-4)14-20(38-2)15-25(27)44-33/h6-15,17,21,26,28-31,34-37H,16H2,1-5H3/t17-,21-,26+,28-,29+,30+,31-,32+,33-/m0/s1. The quantitative estimate of drug-likeness (QED) is 0.299. The normalized spacial score (nSPS) is 34.1. The van der Waals surface area contributed by atoms with Gasteiger partial charge >= 0.3 is 0 Å². The summed E-state index contributed by atoms with van der Waals surface area (Å²) >= 11 is 0. The molecule has 0 bridgehead atoms. The Balaban J connectivity index is 1.53. The topological polar surface area (TPSA) is 146 Å². The van der Waals surface area contributed by atoms with Crippen molar-refractivity contribution < 1.29 is 53.6 Å². The molecule has 44 heavy (non-hydrogen) atoms. The SMILES string of the molecule is COc1cc(OC)c2c(c1)O[C@@]1(c3ccc(OC)c(O[C@@H]4O[C@@H](C)[C@H](O)[C@@H](OC)[C@H]4O)c3)[C@H](c3ccccc3)C[C@@H](O)[C@@]21O. The fraction of sp³-hybridized carbons (Fsp3) is 0.455. The lowest BCUT2D eigenvalue weighted by Gasteiger charge is -2.42. The molecule has 0 unspecified atom stereocenters. The maximum atomic E-state index is 12.8. The highest BCUT2D eigenvalue weighted by Crippen LogP contribution is 2.68. The third kappa shape index (κ3) is 4.33. The van der Waals surface area contributed by atoms with Crippen LogP contribution in [0.2, 0.25) is 0 Å². The third-order valence-electron chi connectivity index (χ3n) is 9.24. The lowest BCUT2D eigenvalue weighted by atomic mass is 9.71. The van der Waals surface area contributed by atoms with Crippen molar-refractivity contribution in [2.24, 2.45) is 0 Å². The number of ether oxygens (including phenoxy) is 7. The first-order chi connectivity index (χ1) is 21.1. The van der Waals surface area contributed by atoms with E-state index in [1.165, 1.54) is 28.4 Å². The molecule has 11 nitrogen and oxygen atoms in total. The zero-order valence-corrected chi connectivity index (χ0v) is 25.2. The molecule has 4 N–H and O–H groups in total. The summed E-state index contributed by atoms with van der Waals surface area (Å²) in [4.78, 5) is 0. The van der Waals surface area contributed by atoms with E-state index >= 15 is 0 Å². The summed E-state index contributed by atoms with van der Waals surface area (Å²) in [7, 11) is 5.87. The van der Waals surface area contributed by atoms with E-state index in [0.717, 1.165) is 5.56 Å². The van der Waals surface area contributed by atoms with E-state index in [2.05, 4.69) is 0 Å². The molecule has 11 heteroatoms. The van der Waals surface area contributed by atoms with Crippen LogP contribution in [0.3, 0.4) is 0 Å². The number of benzene rings is 3. The van der Waals surface area contributed by atoms with Gasteiger partial charge in [-0.25, -0.2) is 0 Å². The predicted octanol–water partition coefficient (Wildman–Crippen LogP) is 2.60. The van der Waals surface area contributed by atoms with Gasteiger partial charge in [-0.3, -0.25) is 0 Å². The molecular weight excluding hydrogens is 572 g/mol. The Bertz CT molecular complexity index is 1500. The molecule has 3 aromatic carbocycles. The van der Waals surface area contributed by atoms with Crippen LogP contribution in [-0.2, 0) is 20.7 Å². The van der Waals surface area contributed by atoms with Crippen molar-refractivity contribution in [3.05, 3.63) is 77.4 Å². The summed E-state index contributed by atoms with van der Waals surface area (Å²) in [6.07, 6.45) is -6.35. The summed E-state index contributed by atoms with van der Waals surface area (Å²) in [5, 5.41) is 45.9. The number of hydrogen-bond acceptors (Lipinski definition) is 11. The van der Waals surface area contributed by atoms with Crippen LogP contribution in [0.25, 0.3) is 0 Å². The van der Waals surface area contributed by atoms with Crippen molar-refractivity contribution in [2.45, 2.75) is 67.3 Å². The molecule has 0 aromatic heterocycles. The van der Waals surface area contributed by atoms with Gasteiger partial charge in [0.05, 0.1) is 39.1 Å². The number of aliphatic hydroxyl groups excluding tert-OH is 3. The van der Waals surface area contributed by atoms with Crippen molar-refractivity contribution >= 4 is 0 Å².